The number of rotatable bonds is 1. The van der Waals surface area contributed by atoms with Gasteiger partial charge < -0.3 is 0 Å². The van der Waals surface area contributed by atoms with Crippen molar-refractivity contribution < 1.29 is 0 Å². The van der Waals surface area contributed by atoms with Crippen molar-refractivity contribution in [2.45, 2.75) is 26.6 Å². The lowest BCUT2D eigenvalue weighted by Gasteiger charge is -2.13. The van der Waals surface area contributed by atoms with Crippen molar-refractivity contribution in [1.82, 2.24) is 0 Å². The maximum absolute atomic E-state index is 2.44. The van der Waals surface area contributed by atoms with Gasteiger partial charge in [0, 0.05) is 0 Å². The summed E-state index contributed by atoms with van der Waals surface area (Å²) in [5, 5.41) is 0. The zero-order valence-electron chi connectivity index (χ0n) is 5.96. The summed E-state index contributed by atoms with van der Waals surface area (Å²) in [4.78, 5) is 0. The molecule has 0 saturated carbocycles. The number of hydrogen-bond acceptors (Lipinski definition) is 0. The van der Waals surface area contributed by atoms with Crippen molar-refractivity contribution in [1.29, 1.82) is 0 Å². The van der Waals surface area contributed by atoms with E-state index in [1.54, 1.807) is 3.20 Å². The van der Waals surface area contributed by atoms with Gasteiger partial charge in [0.2, 0.25) is 0 Å². The van der Waals surface area contributed by atoms with E-state index in [1.165, 1.54) is 0 Å². The van der Waals surface area contributed by atoms with Gasteiger partial charge in [0.25, 0.3) is 0 Å². The molecule has 0 aromatic heterocycles. The second-order valence-corrected chi connectivity index (χ2v) is 10.1. The molecule has 0 rings (SSSR count). The number of hydrogen-bond donors (Lipinski definition) is 0. The average Bonchev–Trinajstić information content (AvgIpc) is 1.62. The highest BCUT2D eigenvalue weighted by Gasteiger charge is 2.15. The first-order chi connectivity index (χ1) is 3.48. The normalized spacial score (nSPS) is 14.4. The van der Waals surface area contributed by atoms with Crippen LogP contribution in [-0.4, -0.2) is 8.07 Å². The van der Waals surface area contributed by atoms with Crippen molar-refractivity contribution in [3.05, 3.63) is 9.28 Å². The molecule has 0 N–H and O–H groups in total. The summed E-state index contributed by atoms with van der Waals surface area (Å²) in [6.07, 6.45) is 2.22. The summed E-state index contributed by atoms with van der Waals surface area (Å²) < 4.78 is 1.56. The maximum atomic E-state index is 2.44. The van der Waals surface area contributed by atoms with Gasteiger partial charge in [-0.25, -0.2) is 0 Å². The van der Waals surface area contributed by atoms with Crippen molar-refractivity contribution in [3.63, 3.8) is 0 Å². The highest BCUT2D eigenvalue weighted by atomic mass is 127. The van der Waals surface area contributed by atoms with E-state index in [-0.39, 0.29) is 0 Å². The Morgan fingerprint density at radius 1 is 1.38 bits per heavy atom. The van der Waals surface area contributed by atoms with Crippen LogP contribution in [0.25, 0.3) is 0 Å². The molecule has 0 radical (unpaired) electrons. The first kappa shape index (κ1) is 8.69. The van der Waals surface area contributed by atoms with Crippen LogP contribution >= 0.6 is 22.6 Å². The lowest BCUT2D eigenvalue weighted by Crippen LogP contribution is -2.19. The summed E-state index contributed by atoms with van der Waals surface area (Å²) >= 11 is 2.44. The summed E-state index contributed by atoms with van der Waals surface area (Å²) in [6.45, 7) is 9.18. The van der Waals surface area contributed by atoms with E-state index in [4.69, 9.17) is 0 Å². The minimum atomic E-state index is -0.913. The molecule has 0 aliphatic carbocycles. The smallest absolute Gasteiger partial charge is 0.0825 e. The molecule has 0 aromatic carbocycles. The second kappa shape index (κ2) is 3.01. The van der Waals surface area contributed by atoms with Gasteiger partial charge in [-0.05, 0) is 10.1 Å². The van der Waals surface area contributed by atoms with E-state index >= 15 is 0 Å². The van der Waals surface area contributed by atoms with E-state index < -0.39 is 8.07 Å². The number of halogens is 1. The Bertz CT molecular complexity index is 99.6. The Morgan fingerprint density at radius 2 is 1.75 bits per heavy atom. The molecule has 2 heteroatoms. The van der Waals surface area contributed by atoms with Crippen LogP contribution in [-0.2, 0) is 0 Å². The molecule has 0 atom stereocenters. The molecular formula is C6H13ISi. The van der Waals surface area contributed by atoms with E-state index in [9.17, 15) is 0 Å². The molecule has 48 valence electrons. The largest absolute Gasteiger partial charge is 0.0850 e. The predicted octanol–water partition coefficient (Wildman–Crippen LogP) is 3.20. The molecule has 0 heterocycles. The van der Waals surface area contributed by atoms with Crippen LogP contribution in [0.1, 0.15) is 6.92 Å². The van der Waals surface area contributed by atoms with Crippen LogP contribution in [0.5, 0.6) is 0 Å². The summed E-state index contributed by atoms with van der Waals surface area (Å²) in [7, 11) is -0.913. The molecule has 0 nitrogen and oxygen atoms in total. The van der Waals surface area contributed by atoms with E-state index in [0.717, 1.165) is 0 Å². The highest BCUT2D eigenvalue weighted by molar-refractivity contribution is 14.1. The standard InChI is InChI=1S/C6H13ISi/c1-5-6(7)8(2,3)4/h5H,1-4H3/b6-5-. The van der Waals surface area contributed by atoms with Gasteiger partial charge in [-0.2, -0.15) is 0 Å². The van der Waals surface area contributed by atoms with Gasteiger partial charge in [-0.3, -0.25) is 0 Å². The first-order valence-electron chi connectivity index (χ1n) is 2.81. The third kappa shape index (κ3) is 2.87. The minimum absolute atomic E-state index is 0.913. The molecule has 0 bridgehead atoms. The van der Waals surface area contributed by atoms with Gasteiger partial charge in [0.1, 0.15) is 0 Å². The molecular weight excluding hydrogens is 227 g/mol. The summed E-state index contributed by atoms with van der Waals surface area (Å²) in [5.74, 6) is 0. The fourth-order valence-corrected chi connectivity index (χ4v) is 1.30. The highest BCUT2D eigenvalue weighted by Crippen LogP contribution is 2.20. The molecule has 0 unspecified atom stereocenters. The monoisotopic (exact) mass is 240 g/mol. The van der Waals surface area contributed by atoms with E-state index in [1.807, 2.05) is 0 Å². The maximum Gasteiger partial charge on any atom is 0.0850 e. The average molecular weight is 240 g/mol. The zero-order chi connectivity index (χ0) is 6.78. The SMILES string of the molecule is C/C=C(/I)[Si](C)(C)C. The molecule has 0 spiro atoms. The van der Waals surface area contributed by atoms with E-state index in [2.05, 4.69) is 55.2 Å². The second-order valence-electron chi connectivity index (χ2n) is 2.89. The molecule has 0 aliphatic heterocycles. The molecule has 0 saturated heterocycles. The van der Waals surface area contributed by atoms with Crippen LogP contribution in [0.4, 0.5) is 0 Å². The molecule has 0 fully saturated rings. The lowest BCUT2D eigenvalue weighted by atomic mass is 10.8. The van der Waals surface area contributed by atoms with Crippen molar-refractivity contribution in [2.75, 3.05) is 0 Å². The van der Waals surface area contributed by atoms with E-state index in [0.29, 0.717) is 0 Å². The molecule has 0 amide bonds. The van der Waals surface area contributed by atoms with Crippen LogP contribution < -0.4 is 0 Å². The topological polar surface area (TPSA) is 0 Å². The molecule has 0 aliphatic rings. The molecule has 8 heavy (non-hydrogen) atoms. The summed E-state index contributed by atoms with van der Waals surface area (Å²) in [5.41, 5.74) is 0. The Kier molecular flexibility index (Phi) is 3.27. The van der Waals surface area contributed by atoms with Crippen molar-refractivity contribution in [2.24, 2.45) is 0 Å². The number of allylic oxidation sites excluding steroid dienone is 1. The van der Waals surface area contributed by atoms with Crippen LogP contribution in [0, 0.1) is 0 Å². The fraction of sp³-hybridized carbons (Fsp3) is 0.667. The lowest BCUT2D eigenvalue weighted by molar-refractivity contribution is 1.69. The third-order valence-electron chi connectivity index (χ3n) is 0.970. The Morgan fingerprint density at radius 3 is 1.75 bits per heavy atom. The van der Waals surface area contributed by atoms with Gasteiger partial charge >= 0.3 is 0 Å². The third-order valence-corrected chi connectivity index (χ3v) is 8.17. The zero-order valence-corrected chi connectivity index (χ0v) is 9.11. The molecule has 0 aromatic rings. The Balaban J connectivity index is 4.03. The van der Waals surface area contributed by atoms with Gasteiger partial charge in [-0.15, -0.1) is 0 Å². The minimum Gasteiger partial charge on any atom is -0.0825 e. The van der Waals surface area contributed by atoms with Crippen molar-refractivity contribution in [3.8, 4) is 0 Å². The fourth-order valence-electron chi connectivity index (χ4n) is 0.433. The first-order valence-corrected chi connectivity index (χ1v) is 7.38. The van der Waals surface area contributed by atoms with Crippen LogP contribution in [0.2, 0.25) is 19.6 Å². The van der Waals surface area contributed by atoms with Gasteiger partial charge in [0.05, 0.1) is 8.07 Å². The summed E-state index contributed by atoms with van der Waals surface area (Å²) in [6, 6.07) is 0. The van der Waals surface area contributed by atoms with Crippen LogP contribution in [0.3, 0.4) is 0 Å². The Labute approximate surface area is 66.5 Å². The van der Waals surface area contributed by atoms with Gasteiger partial charge in [0.15, 0.2) is 0 Å². The quantitative estimate of drug-likeness (QED) is 0.487. The Hall–Kier alpha value is 0.687. The predicted molar refractivity (Wildman–Crippen MR) is 51.1 cm³/mol. The van der Waals surface area contributed by atoms with Gasteiger partial charge in [-0.1, -0.05) is 48.3 Å². The van der Waals surface area contributed by atoms with Crippen LogP contribution in [0.15, 0.2) is 9.28 Å². The van der Waals surface area contributed by atoms with Crippen molar-refractivity contribution >= 4 is 30.7 Å².